The molecule has 172 valence electrons. The lowest BCUT2D eigenvalue weighted by Crippen LogP contribution is -2.37. The summed E-state index contributed by atoms with van der Waals surface area (Å²) in [4.78, 5) is 17.2. The van der Waals surface area contributed by atoms with Gasteiger partial charge >= 0.3 is 0 Å². The molecule has 0 spiro atoms. The highest BCUT2D eigenvalue weighted by Gasteiger charge is 2.38. The number of hydrogen-bond acceptors (Lipinski definition) is 2. The van der Waals surface area contributed by atoms with Crippen molar-refractivity contribution in [2.75, 3.05) is 6.54 Å². The van der Waals surface area contributed by atoms with Gasteiger partial charge in [-0.3, -0.25) is 4.79 Å². The summed E-state index contributed by atoms with van der Waals surface area (Å²) in [5.41, 5.74) is 4.46. The molecule has 0 radical (unpaired) electrons. The number of imidazole rings is 1. The van der Waals surface area contributed by atoms with E-state index in [2.05, 4.69) is 88.9 Å². The van der Waals surface area contributed by atoms with E-state index in [0.29, 0.717) is 18.5 Å². The van der Waals surface area contributed by atoms with Gasteiger partial charge in [-0.2, -0.15) is 0 Å². The number of hydrogen-bond donors (Lipinski definition) is 1. The lowest BCUT2D eigenvalue weighted by atomic mass is 9.77. The summed E-state index contributed by atoms with van der Waals surface area (Å²) in [6.07, 6.45) is 4.64. The summed E-state index contributed by atoms with van der Waals surface area (Å²) in [6.45, 7) is 0.514. The Morgan fingerprint density at radius 2 is 1.14 bits per heavy atom. The quantitative estimate of drug-likeness (QED) is 0.304. The van der Waals surface area contributed by atoms with Gasteiger partial charge in [-0.25, -0.2) is 4.98 Å². The lowest BCUT2D eigenvalue weighted by Gasteiger charge is -2.37. The maximum atomic E-state index is 12.4. The number of amides is 1. The first-order chi connectivity index (χ1) is 17.3. The van der Waals surface area contributed by atoms with Crippen LogP contribution < -0.4 is 5.32 Å². The molecule has 0 unspecified atom stereocenters. The maximum Gasteiger partial charge on any atom is 0.251 e. The van der Waals surface area contributed by atoms with Gasteiger partial charge in [0, 0.05) is 24.7 Å². The summed E-state index contributed by atoms with van der Waals surface area (Å²) >= 11 is 0. The molecule has 1 N–H and O–H groups in total. The number of benzene rings is 4. The fourth-order valence-electron chi connectivity index (χ4n) is 4.66. The van der Waals surface area contributed by atoms with E-state index in [9.17, 15) is 4.79 Å². The molecule has 1 amide bonds. The first kappa shape index (κ1) is 22.4. The van der Waals surface area contributed by atoms with Crippen molar-refractivity contribution in [1.82, 2.24) is 14.9 Å². The predicted octanol–water partition coefficient (Wildman–Crippen LogP) is 5.70. The van der Waals surface area contributed by atoms with Crippen LogP contribution >= 0.6 is 0 Å². The monoisotopic (exact) mass is 457 g/mol. The van der Waals surface area contributed by atoms with Crippen LogP contribution in [0.15, 0.2) is 134 Å². The van der Waals surface area contributed by atoms with Crippen LogP contribution in [0, 0.1) is 0 Å². The smallest absolute Gasteiger partial charge is 0.251 e. The van der Waals surface area contributed by atoms with Crippen LogP contribution in [0.25, 0.3) is 0 Å². The Balaban J connectivity index is 1.51. The van der Waals surface area contributed by atoms with E-state index in [4.69, 9.17) is 4.98 Å². The summed E-state index contributed by atoms with van der Waals surface area (Å²) in [5.74, 6) is -0.0720. The molecule has 0 aliphatic carbocycles. The fourth-order valence-corrected chi connectivity index (χ4v) is 4.66. The number of nitrogens with zero attached hydrogens (tertiary/aromatic N) is 2. The molecule has 0 aliphatic rings. The molecular formula is C31H27N3O. The Hall–Kier alpha value is -4.44. The van der Waals surface area contributed by atoms with Crippen LogP contribution in [0.1, 0.15) is 32.7 Å². The lowest BCUT2D eigenvalue weighted by molar-refractivity contribution is 0.0954. The molecule has 35 heavy (non-hydrogen) atoms. The molecule has 5 rings (SSSR count). The maximum absolute atomic E-state index is 12.4. The topological polar surface area (TPSA) is 46.9 Å². The average Bonchev–Trinajstić information content (AvgIpc) is 3.40. The largest absolute Gasteiger partial charge is 0.352 e. The average molecular weight is 458 g/mol. The molecule has 4 aromatic carbocycles. The summed E-state index contributed by atoms with van der Waals surface area (Å²) in [7, 11) is 0. The number of rotatable bonds is 8. The van der Waals surface area contributed by atoms with E-state index in [0.717, 1.165) is 22.4 Å². The van der Waals surface area contributed by atoms with Crippen molar-refractivity contribution in [2.45, 2.75) is 12.0 Å². The van der Waals surface area contributed by atoms with Crippen molar-refractivity contribution in [3.8, 4) is 0 Å². The van der Waals surface area contributed by atoms with Crippen molar-refractivity contribution in [3.63, 3.8) is 0 Å². The SMILES string of the molecule is O=C(NCCc1cn(C(c2ccccc2)(c2ccccc2)c2ccccc2)cn1)c1ccccc1. The first-order valence-electron chi connectivity index (χ1n) is 11.8. The zero-order valence-corrected chi connectivity index (χ0v) is 19.4. The van der Waals surface area contributed by atoms with Crippen molar-refractivity contribution >= 4 is 5.91 Å². The van der Waals surface area contributed by atoms with E-state index in [1.807, 2.05) is 54.9 Å². The van der Waals surface area contributed by atoms with Crippen LogP contribution in [0.2, 0.25) is 0 Å². The zero-order chi connectivity index (χ0) is 23.9. The Morgan fingerprint density at radius 1 is 0.686 bits per heavy atom. The molecule has 0 aliphatic heterocycles. The Bertz CT molecular complexity index is 1270. The molecule has 1 heterocycles. The zero-order valence-electron chi connectivity index (χ0n) is 19.4. The van der Waals surface area contributed by atoms with Crippen molar-refractivity contribution in [2.24, 2.45) is 0 Å². The van der Waals surface area contributed by atoms with E-state index < -0.39 is 5.54 Å². The number of nitrogens with one attached hydrogen (secondary N) is 1. The molecule has 4 heteroatoms. The molecule has 5 aromatic rings. The third-order valence-electron chi connectivity index (χ3n) is 6.30. The summed E-state index contributed by atoms with van der Waals surface area (Å²) in [5, 5.41) is 3.00. The van der Waals surface area contributed by atoms with Crippen LogP contribution in [-0.4, -0.2) is 22.0 Å². The molecule has 1 aromatic heterocycles. The molecule has 0 bridgehead atoms. The third kappa shape index (κ3) is 4.51. The van der Waals surface area contributed by atoms with Gasteiger partial charge in [0.15, 0.2) is 0 Å². The normalized spacial score (nSPS) is 11.2. The van der Waals surface area contributed by atoms with Crippen LogP contribution in [0.4, 0.5) is 0 Å². The number of carbonyl (C=O) groups is 1. The summed E-state index contributed by atoms with van der Waals surface area (Å²) in [6, 6.07) is 40.9. The Labute approximate surface area is 205 Å². The molecular weight excluding hydrogens is 430 g/mol. The van der Waals surface area contributed by atoms with Gasteiger partial charge in [-0.05, 0) is 28.8 Å². The second-order valence-corrected chi connectivity index (χ2v) is 8.45. The minimum atomic E-state index is -0.581. The predicted molar refractivity (Wildman–Crippen MR) is 139 cm³/mol. The van der Waals surface area contributed by atoms with Gasteiger partial charge in [0.05, 0.1) is 12.0 Å². The second kappa shape index (κ2) is 10.2. The minimum absolute atomic E-state index is 0.0720. The van der Waals surface area contributed by atoms with Crippen molar-refractivity contribution in [3.05, 3.63) is 162 Å². The van der Waals surface area contributed by atoms with Gasteiger partial charge in [0.1, 0.15) is 5.54 Å². The van der Waals surface area contributed by atoms with Gasteiger partial charge in [0.25, 0.3) is 5.91 Å². The highest BCUT2D eigenvalue weighted by Crippen LogP contribution is 2.40. The van der Waals surface area contributed by atoms with E-state index in [1.165, 1.54) is 0 Å². The van der Waals surface area contributed by atoms with Gasteiger partial charge in [-0.15, -0.1) is 0 Å². The molecule has 0 saturated carbocycles. The van der Waals surface area contributed by atoms with E-state index in [-0.39, 0.29) is 5.91 Å². The first-order valence-corrected chi connectivity index (χ1v) is 11.8. The van der Waals surface area contributed by atoms with Crippen LogP contribution in [0.3, 0.4) is 0 Å². The highest BCUT2D eigenvalue weighted by atomic mass is 16.1. The highest BCUT2D eigenvalue weighted by molar-refractivity contribution is 5.94. The van der Waals surface area contributed by atoms with Gasteiger partial charge in [-0.1, -0.05) is 109 Å². The van der Waals surface area contributed by atoms with Crippen molar-refractivity contribution in [1.29, 1.82) is 0 Å². The third-order valence-corrected chi connectivity index (χ3v) is 6.30. The molecule has 0 fully saturated rings. The Morgan fingerprint density at radius 3 is 1.63 bits per heavy atom. The van der Waals surface area contributed by atoms with Crippen molar-refractivity contribution < 1.29 is 4.79 Å². The number of carbonyl (C=O) groups excluding carboxylic acids is 1. The standard InChI is InChI=1S/C31H27N3O/c35-30(25-13-5-1-6-14-25)32-22-21-29-23-34(24-33-29)31(26-15-7-2-8-16-26,27-17-9-3-10-18-27)28-19-11-4-12-20-28/h1-20,23-24H,21-22H2,(H,32,35). The molecule has 0 saturated heterocycles. The minimum Gasteiger partial charge on any atom is -0.352 e. The second-order valence-electron chi connectivity index (χ2n) is 8.45. The van der Waals surface area contributed by atoms with Gasteiger partial charge < -0.3 is 9.88 Å². The van der Waals surface area contributed by atoms with Crippen LogP contribution in [0.5, 0.6) is 0 Å². The van der Waals surface area contributed by atoms with Gasteiger partial charge in [0.2, 0.25) is 0 Å². The molecule has 0 atom stereocenters. The van der Waals surface area contributed by atoms with Crippen LogP contribution in [-0.2, 0) is 12.0 Å². The van der Waals surface area contributed by atoms with E-state index >= 15 is 0 Å². The number of aromatic nitrogens is 2. The fraction of sp³-hybridized carbons (Fsp3) is 0.0968. The van der Waals surface area contributed by atoms with E-state index in [1.54, 1.807) is 0 Å². The Kier molecular flexibility index (Phi) is 6.53. The molecule has 4 nitrogen and oxygen atoms in total. The summed E-state index contributed by atoms with van der Waals surface area (Å²) < 4.78 is 2.20.